The first-order chi connectivity index (χ1) is 8.58. The number of benzene rings is 1. The third-order valence-corrected chi connectivity index (χ3v) is 2.30. The second kappa shape index (κ2) is 4.70. The number of ether oxygens (including phenoxy) is 1. The first kappa shape index (κ1) is 11.8. The summed E-state index contributed by atoms with van der Waals surface area (Å²) in [5.41, 5.74) is 0.305. The van der Waals surface area contributed by atoms with Crippen LogP contribution in [0.3, 0.4) is 0 Å². The van der Waals surface area contributed by atoms with Crippen LogP contribution in [0.2, 0.25) is 0 Å². The van der Waals surface area contributed by atoms with Crippen LogP contribution in [0.5, 0.6) is 11.6 Å². The molecule has 1 aromatic heterocycles. The molecule has 2 rings (SSSR count). The Bertz CT molecular complexity index is 649. The van der Waals surface area contributed by atoms with Crippen molar-refractivity contribution in [2.45, 2.75) is 6.92 Å². The van der Waals surface area contributed by atoms with Crippen LogP contribution in [0.1, 0.15) is 15.9 Å². The lowest BCUT2D eigenvalue weighted by molar-refractivity contribution is 0.0694. The van der Waals surface area contributed by atoms with Crippen molar-refractivity contribution >= 4 is 5.97 Å². The Morgan fingerprint density at radius 2 is 2.22 bits per heavy atom. The Morgan fingerprint density at radius 3 is 2.89 bits per heavy atom. The molecule has 0 unspecified atom stereocenters. The second-order valence-electron chi connectivity index (χ2n) is 3.61. The van der Waals surface area contributed by atoms with E-state index in [-0.39, 0.29) is 22.8 Å². The predicted molar refractivity (Wildman–Crippen MR) is 63.1 cm³/mol. The van der Waals surface area contributed by atoms with Crippen molar-refractivity contribution in [1.82, 2.24) is 9.97 Å². The van der Waals surface area contributed by atoms with Crippen LogP contribution in [0.25, 0.3) is 0 Å². The number of nitrogens with zero attached hydrogens (tertiary/aromatic N) is 1. The molecule has 6 nitrogen and oxygen atoms in total. The Hall–Kier alpha value is -2.63. The van der Waals surface area contributed by atoms with E-state index in [2.05, 4.69) is 9.97 Å². The molecule has 0 saturated carbocycles. The highest BCUT2D eigenvalue weighted by molar-refractivity contribution is 5.91. The van der Waals surface area contributed by atoms with E-state index in [1.807, 2.05) is 0 Å². The Balaban J connectivity index is 2.45. The summed E-state index contributed by atoms with van der Waals surface area (Å²) in [4.78, 5) is 28.3. The van der Waals surface area contributed by atoms with Gasteiger partial charge in [0.25, 0.3) is 5.56 Å². The maximum Gasteiger partial charge on any atom is 0.339 e. The summed E-state index contributed by atoms with van der Waals surface area (Å²) in [6, 6.07) is 5.92. The molecule has 0 fully saturated rings. The number of aryl methyl sites for hydroxylation is 1. The number of aromatic carboxylic acids is 1. The van der Waals surface area contributed by atoms with Gasteiger partial charge >= 0.3 is 5.97 Å². The van der Waals surface area contributed by atoms with Crippen LogP contribution in [0.15, 0.2) is 35.4 Å². The summed E-state index contributed by atoms with van der Waals surface area (Å²) in [6.07, 6.45) is 1.19. The van der Waals surface area contributed by atoms with Gasteiger partial charge in [0.1, 0.15) is 11.3 Å². The van der Waals surface area contributed by atoms with Gasteiger partial charge in [-0.1, -0.05) is 12.1 Å². The molecule has 1 heterocycles. The molecule has 18 heavy (non-hydrogen) atoms. The second-order valence-corrected chi connectivity index (χ2v) is 3.61. The number of nitrogens with one attached hydrogen (secondary N) is 1. The maximum atomic E-state index is 11.1. The van der Waals surface area contributed by atoms with Gasteiger partial charge in [-0.2, -0.15) is 0 Å². The minimum atomic E-state index is -1.10. The molecule has 0 amide bonds. The van der Waals surface area contributed by atoms with Crippen LogP contribution in [0, 0.1) is 6.92 Å². The Kier molecular flexibility index (Phi) is 3.09. The van der Waals surface area contributed by atoms with E-state index < -0.39 is 5.97 Å². The van der Waals surface area contributed by atoms with E-state index in [0.717, 1.165) is 6.07 Å². The summed E-state index contributed by atoms with van der Waals surface area (Å²) in [5, 5.41) is 9.05. The van der Waals surface area contributed by atoms with E-state index >= 15 is 0 Å². The standard InChI is InChI=1S/C12H10N2O4/c1-7-3-2-4-8(12(16)17)11(7)18-10-5-9(15)13-6-14-10/h2-6H,1H3,(H,16,17)(H,13,14,15). The van der Waals surface area contributed by atoms with Gasteiger partial charge in [0.2, 0.25) is 5.88 Å². The highest BCUT2D eigenvalue weighted by Gasteiger charge is 2.14. The van der Waals surface area contributed by atoms with E-state index in [0.29, 0.717) is 5.56 Å². The normalized spacial score (nSPS) is 10.1. The molecule has 6 heteroatoms. The predicted octanol–water partition coefficient (Wildman–Crippen LogP) is 1.57. The molecule has 2 aromatic rings. The van der Waals surface area contributed by atoms with Gasteiger partial charge in [-0.05, 0) is 18.6 Å². The van der Waals surface area contributed by atoms with Crippen LogP contribution < -0.4 is 10.3 Å². The quantitative estimate of drug-likeness (QED) is 0.857. The molecule has 0 saturated heterocycles. The highest BCUT2D eigenvalue weighted by Crippen LogP contribution is 2.27. The number of para-hydroxylation sites is 1. The number of carboxylic acid groups (broad SMARTS) is 1. The summed E-state index contributed by atoms with van der Waals surface area (Å²) < 4.78 is 5.37. The van der Waals surface area contributed by atoms with Gasteiger partial charge in [-0.3, -0.25) is 4.79 Å². The number of aromatic nitrogens is 2. The van der Waals surface area contributed by atoms with E-state index in [9.17, 15) is 9.59 Å². The number of rotatable bonds is 3. The lowest BCUT2D eigenvalue weighted by atomic mass is 10.1. The number of carbonyl (C=O) groups is 1. The fourth-order valence-electron chi connectivity index (χ4n) is 1.47. The molecule has 2 N–H and O–H groups in total. The van der Waals surface area contributed by atoms with Crippen molar-refractivity contribution < 1.29 is 14.6 Å². The minimum Gasteiger partial charge on any atom is -0.478 e. The fraction of sp³-hybridized carbons (Fsp3) is 0.0833. The number of H-pyrrole nitrogens is 1. The lowest BCUT2D eigenvalue weighted by Crippen LogP contribution is -2.06. The minimum absolute atomic E-state index is 0.0251. The largest absolute Gasteiger partial charge is 0.478 e. The molecular formula is C12H10N2O4. The SMILES string of the molecule is Cc1cccc(C(=O)O)c1Oc1cc(=O)[nH]cn1. The number of hydrogen-bond acceptors (Lipinski definition) is 4. The monoisotopic (exact) mass is 246 g/mol. The Labute approximate surface area is 102 Å². The molecule has 1 aromatic carbocycles. The zero-order chi connectivity index (χ0) is 13.1. The van der Waals surface area contributed by atoms with Crippen molar-refractivity contribution in [1.29, 1.82) is 0 Å². The summed E-state index contributed by atoms with van der Waals surface area (Å²) in [5.74, 6) is -0.864. The van der Waals surface area contributed by atoms with Crippen LogP contribution in [-0.4, -0.2) is 21.0 Å². The van der Waals surface area contributed by atoms with E-state index in [1.54, 1.807) is 19.1 Å². The third-order valence-electron chi connectivity index (χ3n) is 2.30. The Morgan fingerprint density at radius 1 is 1.44 bits per heavy atom. The zero-order valence-corrected chi connectivity index (χ0v) is 9.51. The first-order valence-electron chi connectivity index (χ1n) is 5.13. The molecule has 0 aliphatic carbocycles. The van der Waals surface area contributed by atoms with Crippen molar-refractivity contribution in [2.24, 2.45) is 0 Å². The zero-order valence-electron chi connectivity index (χ0n) is 9.51. The van der Waals surface area contributed by atoms with Gasteiger partial charge in [-0.25, -0.2) is 9.78 Å². The van der Waals surface area contributed by atoms with E-state index in [4.69, 9.17) is 9.84 Å². The van der Waals surface area contributed by atoms with Crippen molar-refractivity contribution in [3.05, 3.63) is 52.1 Å². The molecule has 0 aliphatic rings. The van der Waals surface area contributed by atoms with Gasteiger partial charge in [0, 0.05) is 0 Å². The van der Waals surface area contributed by atoms with Gasteiger partial charge in [0.15, 0.2) is 0 Å². The van der Waals surface area contributed by atoms with Crippen LogP contribution in [0.4, 0.5) is 0 Å². The highest BCUT2D eigenvalue weighted by atomic mass is 16.5. The number of aromatic amines is 1. The van der Waals surface area contributed by atoms with Crippen LogP contribution in [-0.2, 0) is 0 Å². The summed E-state index contributed by atoms with van der Waals surface area (Å²) in [6.45, 7) is 1.72. The van der Waals surface area contributed by atoms with Crippen molar-refractivity contribution in [2.75, 3.05) is 0 Å². The lowest BCUT2D eigenvalue weighted by Gasteiger charge is -2.10. The molecule has 0 spiro atoms. The van der Waals surface area contributed by atoms with Gasteiger partial charge in [-0.15, -0.1) is 0 Å². The van der Waals surface area contributed by atoms with Crippen LogP contribution >= 0.6 is 0 Å². The molecule has 92 valence electrons. The number of hydrogen-bond donors (Lipinski definition) is 2. The molecule has 0 atom stereocenters. The fourth-order valence-corrected chi connectivity index (χ4v) is 1.47. The molecule has 0 aliphatic heterocycles. The molecule has 0 bridgehead atoms. The van der Waals surface area contributed by atoms with Gasteiger partial charge in [0.05, 0.1) is 12.4 Å². The topological polar surface area (TPSA) is 92.3 Å². The summed E-state index contributed by atoms with van der Waals surface area (Å²) >= 11 is 0. The third kappa shape index (κ3) is 2.37. The summed E-state index contributed by atoms with van der Waals surface area (Å²) in [7, 11) is 0. The van der Waals surface area contributed by atoms with Crippen molar-refractivity contribution in [3.63, 3.8) is 0 Å². The number of carboxylic acids is 1. The molecule has 0 radical (unpaired) electrons. The molecular weight excluding hydrogens is 236 g/mol. The van der Waals surface area contributed by atoms with Gasteiger partial charge < -0.3 is 14.8 Å². The average molecular weight is 246 g/mol. The first-order valence-corrected chi connectivity index (χ1v) is 5.13. The average Bonchev–Trinajstić information content (AvgIpc) is 2.31. The smallest absolute Gasteiger partial charge is 0.339 e. The maximum absolute atomic E-state index is 11.1. The van der Waals surface area contributed by atoms with E-state index in [1.165, 1.54) is 12.4 Å². The van der Waals surface area contributed by atoms with Crippen molar-refractivity contribution in [3.8, 4) is 11.6 Å².